The SMILES string of the molecule is O=C(COc1cc(O)cc(O)c1)C(=O)C(=O)COc1cc(O)cc(O)c1. The van der Waals surface area contributed by atoms with Crippen molar-refractivity contribution < 1.29 is 44.3 Å². The molecule has 0 aromatic heterocycles. The van der Waals surface area contributed by atoms with Crippen LogP contribution in [0, 0.1) is 0 Å². The summed E-state index contributed by atoms with van der Waals surface area (Å²) in [4.78, 5) is 35.1. The van der Waals surface area contributed by atoms with Gasteiger partial charge in [-0.15, -0.1) is 0 Å². The van der Waals surface area contributed by atoms with Crippen LogP contribution >= 0.6 is 0 Å². The van der Waals surface area contributed by atoms with Gasteiger partial charge in [-0.1, -0.05) is 0 Å². The lowest BCUT2D eigenvalue weighted by Crippen LogP contribution is -2.32. The van der Waals surface area contributed by atoms with E-state index in [1.165, 1.54) is 0 Å². The van der Waals surface area contributed by atoms with Crippen molar-refractivity contribution in [1.29, 1.82) is 0 Å². The van der Waals surface area contributed by atoms with Crippen LogP contribution < -0.4 is 9.47 Å². The highest BCUT2D eigenvalue weighted by atomic mass is 16.5. The number of carbonyl (C=O) groups excluding carboxylic acids is 3. The maximum absolute atomic E-state index is 11.7. The fourth-order valence-electron chi connectivity index (χ4n) is 1.89. The molecule has 0 aliphatic rings. The summed E-state index contributed by atoms with van der Waals surface area (Å²) in [5.74, 6) is -5.03. The van der Waals surface area contributed by atoms with E-state index < -0.39 is 30.6 Å². The molecular formula is C17H14O9. The summed E-state index contributed by atoms with van der Waals surface area (Å²) in [6.45, 7) is -1.55. The summed E-state index contributed by atoms with van der Waals surface area (Å²) in [6.07, 6.45) is 0. The normalized spacial score (nSPS) is 10.2. The molecule has 2 aromatic rings. The van der Waals surface area contributed by atoms with Gasteiger partial charge < -0.3 is 29.9 Å². The average Bonchev–Trinajstić information content (AvgIpc) is 2.55. The van der Waals surface area contributed by atoms with Crippen molar-refractivity contribution in [3.63, 3.8) is 0 Å². The van der Waals surface area contributed by atoms with Gasteiger partial charge in [0, 0.05) is 36.4 Å². The molecule has 2 aromatic carbocycles. The first-order chi connectivity index (χ1) is 12.2. The largest absolute Gasteiger partial charge is 0.508 e. The molecule has 26 heavy (non-hydrogen) atoms. The summed E-state index contributed by atoms with van der Waals surface area (Å²) < 4.78 is 9.89. The number of aromatic hydroxyl groups is 4. The predicted molar refractivity (Wildman–Crippen MR) is 85.6 cm³/mol. The number of benzene rings is 2. The minimum atomic E-state index is -1.36. The van der Waals surface area contributed by atoms with Gasteiger partial charge in [0.25, 0.3) is 5.78 Å². The smallest absolute Gasteiger partial charge is 0.271 e. The van der Waals surface area contributed by atoms with Crippen LogP contribution in [-0.2, 0) is 14.4 Å². The zero-order valence-corrected chi connectivity index (χ0v) is 13.2. The standard InChI is InChI=1S/C17H14O9/c18-9-1-10(19)4-13(3-9)25-7-15(22)17(24)16(23)8-26-14-5-11(20)2-12(21)6-14/h1-6,18-21H,7-8H2. The Morgan fingerprint density at radius 1 is 0.615 bits per heavy atom. The van der Waals surface area contributed by atoms with Crippen LogP contribution in [0.15, 0.2) is 36.4 Å². The third-order valence-corrected chi connectivity index (χ3v) is 3.00. The van der Waals surface area contributed by atoms with E-state index in [0.29, 0.717) is 0 Å². The van der Waals surface area contributed by atoms with Gasteiger partial charge in [0.1, 0.15) is 34.5 Å². The molecule has 0 saturated carbocycles. The second kappa shape index (κ2) is 7.88. The van der Waals surface area contributed by atoms with Crippen molar-refractivity contribution in [2.45, 2.75) is 0 Å². The van der Waals surface area contributed by atoms with Crippen LogP contribution in [-0.4, -0.2) is 51.0 Å². The second-order valence-corrected chi connectivity index (χ2v) is 5.12. The highest BCUT2D eigenvalue weighted by molar-refractivity contribution is 6.64. The van der Waals surface area contributed by atoms with Crippen molar-refractivity contribution in [3.05, 3.63) is 36.4 Å². The molecule has 0 spiro atoms. The molecular weight excluding hydrogens is 348 g/mol. The molecule has 0 bridgehead atoms. The zero-order chi connectivity index (χ0) is 19.3. The van der Waals surface area contributed by atoms with Crippen molar-refractivity contribution in [2.75, 3.05) is 13.2 Å². The van der Waals surface area contributed by atoms with E-state index >= 15 is 0 Å². The Bertz CT molecular complexity index is 747. The van der Waals surface area contributed by atoms with Gasteiger partial charge in [0.15, 0.2) is 13.2 Å². The number of ketones is 3. The van der Waals surface area contributed by atoms with E-state index in [9.17, 15) is 34.8 Å². The van der Waals surface area contributed by atoms with Crippen LogP contribution in [0.3, 0.4) is 0 Å². The van der Waals surface area contributed by atoms with E-state index in [2.05, 4.69) is 0 Å². The Labute approximate surface area is 146 Å². The zero-order valence-electron chi connectivity index (χ0n) is 13.2. The van der Waals surface area contributed by atoms with Crippen molar-refractivity contribution in [1.82, 2.24) is 0 Å². The molecule has 0 amide bonds. The monoisotopic (exact) mass is 362 g/mol. The summed E-state index contributed by atoms with van der Waals surface area (Å²) >= 11 is 0. The van der Waals surface area contributed by atoms with E-state index in [1.807, 2.05) is 0 Å². The first kappa shape index (κ1) is 18.6. The summed E-state index contributed by atoms with van der Waals surface area (Å²) in [5, 5.41) is 37.1. The first-order valence-corrected chi connectivity index (χ1v) is 7.16. The van der Waals surface area contributed by atoms with E-state index in [4.69, 9.17) is 9.47 Å². The summed E-state index contributed by atoms with van der Waals surface area (Å²) in [7, 11) is 0. The fraction of sp³-hybridized carbons (Fsp3) is 0.118. The Balaban J connectivity index is 1.88. The Morgan fingerprint density at radius 2 is 0.923 bits per heavy atom. The minimum Gasteiger partial charge on any atom is -0.508 e. The van der Waals surface area contributed by atoms with Crippen molar-refractivity contribution in [2.24, 2.45) is 0 Å². The molecule has 0 atom stereocenters. The number of hydrogen-bond acceptors (Lipinski definition) is 9. The lowest BCUT2D eigenvalue weighted by atomic mass is 10.2. The molecule has 0 heterocycles. The maximum Gasteiger partial charge on any atom is 0.271 e. The number of ether oxygens (including phenoxy) is 2. The van der Waals surface area contributed by atoms with Crippen molar-refractivity contribution >= 4 is 17.3 Å². The van der Waals surface area contributed by atoms with Crippen LogP contribution in [0.5, 0.6) is 34.5 Å². The van der Waals surface area contributed by atoms with Gasteiger partial charge in [0.2, 0.25) is 11.6 Å². The highest BCUT2D eigenvalue weighted by Crippen LogP contribution is 2.26. The Morgan fingerprint density at radius 3 is 1.23 bits per heavy atom. The van der Waals surface area contributed by atoms with Gasteiger partial charge in [-0.3, -0.25) is 14.4 Å². The molecule has 0 fully saturated rings. The first-order valence-electron chi connectivity index (χ1n) is 7.16. The summed E-state index contributed by atoms with van der Waals surface area (Å²) in [5.41, 5.74) is 0. The summed E-state index contributed by atoms with van der Waals surface area (Å²) in [6, 6.07) is 6.51. The Hall–Kier alpha value is -3.75. The van der Waals surface area contributed by atoms with Crippen molar-refractivity contribution in [3.8, 4) is 34.5 Å². The van der Waals surface area contributed by atoms with E-state index in [-0.39, 0.29) is 34.5 Å². The number of carbonyl (C=O) groups is 3. The van der Waals surface area contributed by atoms with Crippen LogP contribution in [0.4, 0.5) is 0 Å². The second-order valence-electron chi connectivity index (χ2n) is 5.12. The molecule has 0 aliphatic heterocycles. The number of hydrogen-bond donors (Lipinski definition) is 4. The van der Waals surface area contributed by atoms with Crippen LogP contribution in [0.2, 0.25) is 0 Å². The fourth-order valence-corrected chi connectivity index (χ4v) is 1.89. The quantitative estimate of drug-likeness (QED) is 0.392. The topological polar surface area (TPSA) is 151 Å². The van der Waals surface area contributed by atoms with Gasteiger partial charge >= 0.3 is 0 Å². The molecule has 9 heteroatoms. The lowest BCUT2D eigenvalue weighted by Gasteiger charge is -2.07. The molecule has 136 valence electrons. The van der Waals surface area contributed by atoms with Crippen LogP contribution in [0.1, 0.15) is 0 Å². The number of Topliss-reactive ketones (excluding diaryl/α,β-unsaturated/α-hetero) is 3. The third kappa shape index (κ3) is 5.13. The number of rotatable bonds is 8. The van der Waals surface area contributed by atoms with Gasteiger partial charge in [-0.25, -0.2) is 0 Å². The number of phenolic OH excluding ortho intramolecular Hbond substituents is 4. The molecule has 0 radical (unpaired) electrons. The highest BCUT2D eigenvalue weighted by Gasteiger charge is 2.24. The third-order valence-electron chi connectivity index (χ3n) is 3.00. The average molecular weight is 362 g/mol. The van der Waals surface area contributed by atoms with Crippen LogP contribution in [0.25, 0.3) is 0 Å². The molecule has 0 saturated heterocycles. The molecule has 4 N–H and O–H groups in total. The predicted octanol–water partition coefficient (Wildman–Crippen LogP) is 0.674. The lowest BCUT2D eigenvalue weighted by molar-refractivity contribution is -0.145. The molecule has 2 rings (SSSR count). The van der Waals surface area contributed by atoms with Gasteiger partial charge in [0.05, 0.1) is 0 Å². The van der Waals surface area contributed by atoms with Gasteiger partial charge in [-0.2, -0.15) is 0 Å². The maximum atomic E-state index is 11.7. The molecule has 0 aliphatic carbocycles. The molecule has 9 nitrogen and oxygen atoms in total. The van der Waals surface area contributed by atoms with Gasteiger partial charge in [-0.05, 0) is 0 Å². The van der Waals surface area contributed by atoms with E-state index in [0.717, 1.165) is 36.4 Å². The van der Waals surface area contributed by atoms with E-state index in [1.54, 1.807) is 0 Å². The molecule has 0 unspecified atom stereocenters. The minimum absolute atomic E-state index is 0.0671. The Kier molecular flexibility index (Phi) is 5.63. The number of phenols is 4.